The van der Waals surface area contributed by atoms with Crippen LogP contribution in [-0.4, -0.2) is 17.5 Å². The first-order chi connectivity index (χ1) is 13.1. The molecule has 0 spiro atoms. The predicted octanol–water partition coefficient (Wildman–Crippen LogP) is 3.61. The van der Waals surface area contributed by atoms with Crippen molar-refractivity contribution in [2.75, 3.05) is 5.32 Å². The number of carbonyl (C=O) groups is 2. The Hall–Kier alpha value is -3.67. The largest absolute Gasteiger partial charge is 0.459 e. The zero-order chi connectivity index (χ0) is 19.1. The number of hydrazone groups is 1. The van der Waals surface area contributed by atoms with E-state index >= 15 is 0 Å². The van der Waals surface area contributed by atoms with Crippen LogP contribution in [0.25, 0.3) is 0 Å². The van der Waals surface area contributed by atoms with Gasteiger partial charge in [-0.05, 0) is 42.3 Å². The summed E-state index contributed by atoms with van der Waals surface area (Å²) in [5, 5.41) is 6.88. The summed E-state index contributed by atoms with van der Waals surface area (Å²) in [7, 11) is 0. The van der Waals surface area contributed by atoms with E-state index in [1.54, 1.807) is 31.2 Å². The van der Waals surface area contributed by atoms with Crippen LogP contribution in [0.15, 0.2) is 82.5 Å². The fourth-order valence-corrected chi connectivity index (χ4v) is 2.43. The monoisotopic (exact) mass is 361 g/mol. The van der Waals surface area contributed by atoms with Gasteiger partial charge in [-0.25, -0.2) is 5.43 Å². The molecule has 0 aliphatic rings. The van der Waals surface area contributed by atoms with E-state index in [4.69, 9.17) is 4.42 Å². The molecule has 1 aromatic heterocycles. The summed E-state index contributed by atoms with van der Waals surface area (Å²) in [6.07, 6.45) is 1.72. The highest BCUT2D eigenvalue weighted by Crippen LogP contribution is 2.12. The van der Waals surface area contributed by atoms with E-state index in [0.717, 1.165) is 11.1 Å². The summed E-state index contributed by atoms with van der Waals surface area (Å²) in [6, 6.07) is 19.9. The highest BCUT2D eigenvalue weighted by molar-refractivity contribution is 6.03. The molecule has 0 aliphatic heterocycles. The van der Waals surface area contributed by atoms with Crippen LogP contribution in [0.4, 0.5) is 5.69 Å². The Morgan fingerprint density at radius 2 is 1.70 bits per heavy atom. The first-order valence-corrected chi connectivity index (χ1v) is 8.44. The molecule has 0 atom stereocenters. The Balaban J connectivity index is 1.56. The number of hydrogen-bond donors (Lipinski definition) is 2. The van der Waals surface area contributed by atoms with Gasteiger partial charge in [0, 0.05) is 5.69 Å². The molecule has 2 amide bonds. The van der Waals surface area contributed by atoms with E-state index in [1.807, 2.05) is 42.5 Å². The van der Waals surface area contributed by atoms with Crippen LogP contribution in [0, 0.1) is 0 Å². The number of carbonyl (C=O) groups excluding carboxylic acids is 2. The van der Waals surface area contributed by atoms with Crippen LogP contribution < -0.4 is 10.7 Å². The van der Waals surface area contributed by atoms with Crippen molar-refractivity contribution in [3.8, 4) is 0 Å². The standard InChI is InChI=1S/C21H19N3O3/c1-15(23-24-20(25)14-16-6-3-2-4-7-16)17-9-11-18(12-10-17)22-21(26)19-8-5-13-27-19/h2-13H,14H2,1H3,(H,22,26)(H,24,25)/b23-15-. The molecule has 2 aromatic carbocycles. The van der Waals surface area contributed by atoms with Crippen molar-refractivity contribution < 1.29 is 14.0 Å². The number of anilines is 1. The second-order valence-electron chi connectivity index (χ2n) is 5.90. The zero-order valence-corrected chi connectivity index (χ0v) is 14.8. The van der Waals surface area contributed by atoms with Crippen molar-refractivity contribution >= 4 is 23.2 Å². The molecule has 0 bridgehead atoms. The minimum absolute atomic E-state index is 0.178. The molecule has 2 N–H and O–H groups in total. The molecule has 27 heavy (non-hydrogen) atoms. The molecule has 0 aliphatic carbocycles. The summed E-state index contributed by atoms with van der Waals surface area (Å²) >= 11 is 0. The van der Waals surface area contributed by atoms with E-state index < -0.39 is 0 Å². The summed E-state index contributed by atoms with van der Waals surface area (Å²) in [5.74, 6) is -0.243. The van der Waals surface area contributed by atoms with E-state index in [1.165, 1.54) is 6.26 Å². The van der Waals surface area contributed by atoms with Crippen LogP contribution in [-0.2, 0) is 11.2 Å². The van der Waals surface area contributed by atoms with Gasteiger partial charge >= 0.3 is 0 Å². The third-order valence-electron chi connectivity index (χ3n) is 3.86. The molecule has 0 unspecified atom stereocenters. The van der Waals surface area contributed by atoms with Gasteiger partial charge in [-0.15, -0.1) is 0 Å². The average Bonchev–Trinajstić information content (AvgIpc) is 3.22. The lowest BCUT2D eigenvalue weighted by Gasteiger charge is -2.06. The van der Waals surface area contributed by atoms with Gasteiger partial charge in [0.2, 0.25) is 5.91 Å². The first kappa shape index (κ1) is 18.1. The van der Waals surface area contributed by atoms with Gasteiger partial charge in [-0.2, -0.15) is 5.10 Å². The zero-order valence-electron chi connectivity index (χ0n) is 14.8. The van der Waals surface area contributed by atoms with Crippen molar-refractivity contribution in [2.45, 2.75) is 13.3 Å². The summed E-state index contributed by atoms with van der Waals surface area (Å²) in [5.41, 5.74) is 5.64. The number of nitrogens with one attached hydrogen (secondary N) is 2. The molecular weight excluding hydrogens is 342 g/mol. The van der Waals surface area contributed by atoms with Crippen LogP contribution >= 0.6 is 0 Å². The van der Waals surface area contributed by atoms with Crippen LogP contribution in [0.3, 0.4) is 0 Å². The molecule has 1 heterocycles. The molecule has 3 rings (SSSR count). The lowest BCUT2D eigenvalue weighted by molar-refractivity contribution is -0.120. The first-order valence-electron chi connectivity index (χ1n) is 8.44. The van der Waals surface area contributed by atoms with Crippen molar-refractivity contribution in [3.63, 3.8) is 0 Å². The van der Waals surface area contributed by atoms with Gasteiger partial charge in [-0.1, -0.05) is 42.5 Å². The number of benzene rings is 2. The quantitative estimate of drug-likeness (QED) is 0.520. The molecule has 0 radical (unpaired) electrons. The minimum atomic E-state index is -0.314. The average molecular weight is 361 g/mol. The van der Waals surface area contributed by atoms with Crippen LogP contribution in [0.1, 0.15) is 28.6 Å². The number of rotatable bonds is 6. The third-order valence-corrected chi connectivity index (χ3v) is 3.86. The number of amides is 2. The fourth-order valence-electron chi connectivity index (χ4n) is 2.43. The topological polar surface area (TPSA) is 83.7 Å². The van der Waals surface area contributed by atoms with Crippen molar-refractivity contribution in [3.05, 3.63) is 89.9 Å². The second kappa shape index (κ2) is 8.62. The molecule has 6 nitrogen and oxygen atoms in total. The van der Waals surface area contributed by atoms with Gasteiger partial charge in [0.15, 0.2) is 5.76 Å². The number of hydrogen-bond acceptors (Lipinski definition) is 4. The predicted molar refractivity (Wildman–Crippen MR) is 104 cm³/mol. The van der Waals surface area contributed by atoms with Crippen molar-refractivity contribution in [1.29, 1.82) is 0 Å². The lowest BCUT2D eigenvalue weighted by atomic mass is 10.1. The van der Waals surface area contributed by atoms with E-state index in [0.29, 0.717) is 11.4 Å². The van der Waals surface area contributed by atoms with Crippen molar-refractivity contribution in [1.82, 2.24) is 5.43 Å². The van der Waals surface area contributed by atoms with Gasteiger partial charge < -0.3 is 9.73 Å². The highest BCUT2D eigenvalue weighted by Gasteiger charge is 2.09. The number of furan rings is 1. The minimum Gasteiger partial charge on any atom is -0.459 e. The van der Waals surface area contributed by atoms with Gasteiger partial charge in [-0.3, -0.25) is 9.59 Å². The van der Waals surface area contributed by atoms with Crippen LogP contribution in [0.5, 0.6) is 0 Å². The number of nitrogens with zero attached hydrogens (tertiary/aromatic N) is 1. The van der Waals surface area contributed by atoms with E-state index in [-0.39, 0.29) is 24.0 Å². The maximum absolute atomic E-state index is 12.0. The fraction of sp³-hybridized carbons (Fsp3) is 0.0952. The SMILES string of the molecule is C/C(=N/NC(=O)Cc1ccccc1)c1ccc(NC(=O)c2ccco2)cc1. The van der Waals surface area contributed by atoms with Gasteiger partial charge in [0.05, 0.1) is 18.4 Å². The summed E-state index contributed by atoms with van der Waals surface area (Å²) < 4.78 is 5.06. The Labute approximate surface area is 156 Å². The third kappa shape index (κ3) is 5.15. The summed E-state index contributed by atoms with van der Waals surface area (Å²) in [6.45, 7) is 1.80. The van der Waals surface area contributed by atoms with Gasteiger partial charge in [0.25, 0.3) is 5.91 Å². The molecule has 136 valence electrons. The molecule has 0 fully saturated rings. The molecule has 3 aromatic rings. The summed E-state index contributed by atoms with van der Waals surface area (Å²) in [4.78, 5) is 23.9. The smallest absolute Gasteiger partial charge is 0.291 e. The van der Waals surface area contributed by atoms with Gasteiger partial charge in [0.1, 0.15) is 0 Å². The van der Waals surface area contributed by atoms with E-state index in [2.05, 4.69) is 15.8 Å². The highest BCUT2D eigenvalue weighted by atomic mass is 16.3. The second-order valence-corrected chi connectivity index (χ2v) is 5.90. The normalized spacial score (nSPS) is 11.1. The maximum Gasteiger partial charge on any atom is 0.291 e. The lowest BCUT2D eigenvalue weighted by Crippen LogP contribution is -2.21. The van der Waals surface area contributed by atoms with E-state index in [9.17, 15) is 9.59 Å². The molecular formula is C21H19N3O3. The Bertz CT molecular complexity index is 931. The van der Waals surface area contributed by atoms with Crippen LogP contribution in [0.2, 0.25) is 0 Å². The Kier molecular flexibility index (Phi) is 5.79. The molecule has 6 heteroatoms. The molecule has 0 saturated carbocycles. The Morgan fingerprint density at radius 1 is 0.963 bits per heavy atom. The molecule has 0 saturated heterocycles. The van der Waals surface area contributed by atoms with Crippen molar-refractivity contribution in [2.24, 2.45) is 5.10 Å². The maximum atomic E-state index is 12.0. The Morgan fingerprint density at radius 3 is 2.37 bits per heavy atom.